The van der Waals surface area contributed by atoms with Crippen molar-refractivity contribution in [1.82, 2.24) is 9.13 Å². The summed E-state index contributed by atoms with van der Waals surface area (Å²) < 4.78 is 56.0. The van der Waals surface area contributed by atoms with E-state index in [9.17, 15) is 47.4 Å². The molecule has 12 rings (SSSR count). The van der Waals surface area contributed by atoms with Crippen LogP contribution in [0.5, 0.6) is 0 Å². The van der Waals surface area contributed by atoms with Crippen LogP contribution in [-0.2, 0) is 6.18 Å². The molecule has 0 aliphatic heterocycles. The summed E-state index contributed by atoms with van der Waals surface area (Å²) in [5.41, 5.74) is 4.61. The van der Waals surface area contributed by atoms with Gasteiger partial charge in [-0.05, 0) is 141 Å². The van der Waals surface area contributed by atoms with Crippen LogP contribution in [0.4, 0.5) is 13.2 Å². The van der Waals surface area contributed by atoms with E-state index in [-0.39, 0.29) is 94.6 Å². The number of nitrogens with zero attached hydrogens (tertiary/aromatic N) is 11. The fourth-order valence-corrected chi connectivity index (χ4v) is 11.3. The van der Waals surface area contributed by atoms with Gasteiger partial charge in [-0.3, -0.25) is 0 Å². The zero-order chi connectivity index (χ0) is 58.6. The molecule has 0 atom stereocenters. The first-order valence-corrected chi connectivity index (χ1v) is 25.6. The van der Waals surface area contributed by atoms with Gasteiger partial charge in [0.05, 0.1) is 138 Å². The standard InChI is InChI=1S/C70H30F3N11/c71-70(72,73)68-63(83-64-27-46(54-12-4-41(32-75)23-50(54)36-79)8-16-59(64)60-17-9-47(28-65(60)83)55-13-5-42(33-76)24-51(55)37-80)21-20-58(45-3-1-2-40(22-45)31-74)69(68)84-66-29-48(56-14-6-43(34-77)25-52(56)38-81)10-18-61(66)62-19-11-49(30-67(62)84)57-15-7-44(35-78)26-53(57)39-82/h1-30H. The van der Waals surface area contributed by atoms with Gasteiger partial charge in [-0.1, -0.05) is 91.0 Å². The van der Waals surface area contributed by atoms with Crippen molar-refractivity contribution in [1.29, 1.82) is 47.4 Å². The maximum atomic E-state index is 17.7. The lowest BCUT2D eigenvalue weighted by Gasteiger charge is -2.25. The third kappa shape index (κ3) is 8.48. The number of hydrogen-bond acceptors (Lipinski definition) is 9. The molecule has 386 valence electrons. The van der Waals surface area contributed by atoms with Crippen molar-refractivity contribution in [3.63, 3.8) is 0 Å². The number of aromatic nitrogens is 2. The fraction of sp³-hybridized carbons (Fsp3) is 0.0143. The predicted octanol–water partition coefficient (Wildman–Crippen LogP) is 16.1. The Labute approximate surface area is 476 Å². The fourth-order valence-electron chi connectivity index (χ4n) is 11.3. The average Bonchev–Trinajstić information content (AvgIpc) is 1.64. The summed E-state index contributed by atoms with van der Waals surface area (Å²) in [6.07, 6.45) is -5.23. The first-order chi connectivity index (χ1) is 40.8. The molecule has 10 aromatic carbocycles. The van der Waals surface area contributed by atoms with Crippen molar-refractivity contribution < 1.29 is 13.2 Å². The van der Waals surface area contributed by atoms with E-state index in [4.69, 9.17) is 0 Å². The molecule has 0 aliphatic carbocycles. The van der Waals surface area contributed by atoms with Gasteiger partial charge < -0.3 is 9.13 Å². The van der Waals surface area contributed by atoms with Crippen molar-refractivity contribution in [3.8, 4) is 122 Å². The van der Waals surface area contributed by atoms with E-state index in [2.05, 4.69) is 54.6 Å². The van der Waals surface area contributed by atoms with Gasteiger partial charge in [-0.15, -0.1) is 0 Å². The Hall–Kier alpha value is -13.0. The number of nitriles is 9. The second-order valence-corrected chi connectivity index (χ2v) is 19.6. The van der Waals surface area contributed by atoms with E-state index in [1.54, 1.807) is 146 Å². The second kappa shape index (κ2) is 20.3. The van der Waals surface area contributed by atoms with Gasteiger partial charge >= 0.3 is 6.18 Å². The average molecular weight is 1080 g/mol. The summed E-state index contributed by atoms with van der Waals surface area (Å²) in [6.45, 7) is 0. The number of fused-ring (bicyclic) bond motifs is 6. The normalized spacial score (nSPS) is 10.9. The molecule has 14 heteroatoms. The van der Waals surface area contributed by atoms with Crippen molar-refractivity contribution in [2.45, 2.75) is 6.18 Å². The van der Waals surface area contributed by atoms with E-state index in [0.717, 1.165) is 0 Å². The largest absolute Gasteiger partial charge is 0.420 e. The molecule has 0 unspecified atom stereocenters. The van der Waals surface area contributed by atoms with Crippen LogP contribution in [-0.4, -0.2) is 9.13 Å². The number of alkyl halides is 3. The van der Waals surface area contributed by atoms with Crippen LogP contribution in [0, 0.1) is 102 Å². The molecular formula is C70H30F3N11. The summed E-state index contributed by atoms with van der Waals surface area (Å²) in [5, 5.41) is 93.0. The highest BCUT2D eigenvalue weighted by Gasteiger charge is 2.41. The van der Waals surface area contributed by atoms with Crippen LogP contribution < -0.4 is 0 Å². The topological polar surface area (TPSA) is 224 Å². The Kier molecular flexibility index (Phi) is 12.5. The molecule has 0 spiro atoms. The van der Waals surface area contributed by atoms with Crippen molar-refractivity contribution >= 4 is 43.6 Å². The Bertz CT molecular complexity index is 5060. The lowest BCUT2D eigenvalue weighted by molar-refractivity contribution is -0.137. The maximum Gasteiger partial charge on any atom is 0.420 e. The molecule has 0 fully saturated rings. The Morgan fingerprint density at radius 1 is 0.286 bits per heavy atom. The summed E-state index contributed by atoms with van der Waals surface area (Å²) in [5.74, 6) is 0. The van der Waals surface area contributed by atoms with Crippen LogP contribution in [0.1, 0.15) is 55.6 Å². The Morgan fingerprint density at radius 2 is 0.595 bits per heavy atom. The molecule has 0 N–H and O–H groups in total. The zero-order valence-corrected chi connectivity index (χ0v) is 43.4. The van der Waals surface area contributed by atoms with Gasteiger partial charge in [-0.25, -0.2) is 0 Å². The molecule has 2 aromatic heterocycles. The van der Waals surface area contributed by atoms with Crippen molar-refractivity contribution in [2.75, 3.05) is 0 Å². The minimum Gasteiger partial charge on any atom is -0.309 e. The lowest BCUT2D eigenvalue weighted by Crippen LogP contribution is -2.17. The maximum absolute atomic E-state index is 17.7. The van der Waals surface area contributed by atoms with Gasteiger partial charge in [0, 0.05) is 27.1 Å². The monoisotopic (exact) mass is 1080 g/mol. The third-order valence-electron chi connectivity index (χ3n) is 15.1. The molecule has 0 bridgehead atoms. The summed E-state index contributed by atoms with van der Waals surface area (Å²) in [6, 6.07) is 67.4. The molecule has 2 heterocycles. The lowest BCUT2D eigenvalue weighted by atomic mass is 9.95. The van der Waals surface area contributed by atoms with Gasteiger partial charge in [0.15, 0.2) is 0 Å². The molecular weight excluding hydrogens is 1050 g/mol. The minimum atomic E-state index is -5.23. The molecule has 11 nitrogen and oxygen atoms in total. The van der Waals surface area contributed by atoms with Gasteiger partial charge in [0.25, 0.3) is 0 Å². The third-order valence-corrected chi connectivity index (χ3v) is 15.1. The van der Waals surface area contributed by atoms with Gasteiger partial charge in [0.2, 0.25) is 0 Å². The van der Waals surface area contributed by atoms with E-state index >= 15 is 13.2 Å². The molecule has 12 aromatic rings. The van der Waals surface area contributed by atoms with Gasteiger partial charge in [0.1, 0.15) is 5.56 Å². The van der Waals surface area contributed by atoms with Crippen LogP contribution in [0.2, 0.25) is 0 Å². The van der Waals surface area contributed by atoms with Crippen LogP contribution in [0.25, 0.3) is 111 Å². The van der Waals surface area contributed by atoms with E-state index < -0.39 is 11.7 Å². The molecule has 0 amide bonds. The summed E-state index contributed by atoms with van der Waals surface area (Å²) >= 11 is 0. The number of hydrogen-bond donors (Lipinski definition) is 0. The van der Waals surface area contributed by atoms with Crippen molar-refractivity contribution in [3.05, 3.63) is 238 Å². The second-order valence-electron chi connectivity index (χ2n) is 19.6. The van der Waals surface area contributed by atoms with Crippen LogP contribution in [0.3, 0.4) is 0 Å². The number of rotatable bonds is 7. The molecule has 0 saturated carbocycles. The smallest absolute Gasteiger partial charge is 0.309 e. The SMILES string of the molecule is N#Cc1cccc(-c2ccc(-n3c4cc(-c5ccc(C#N)cc5C#N)ccc4c4ccc(-c5ccc(C#N)cc5C#N)cc43)c(C(F)(F)F)c2-n2c3cc(-c4ccc(C#N)cc4C#N)ccc3c3ccc(-c4ccc(C#N)cc4C#N)cc32)c1. The summed E-state index contributed by atoms with van der Waals surface area (Å²) in [4.78, 5) is 0. The minimum absolute atomic E-state index is 0.0552. The van der Waals surface area contributed by atoms with Crippen LogP contribution in [0.15, 0.2) is 182 Å². The van der Waals surface area contributed by atoms with Crippen molar-refractivity contribution in [2.24, 2.45) is 0 Å². The Morgan fingerprint density at radius 3 is 0.917 bits per heavy atom. The first kappa shape index (κ1) is 51.7. The zero-order valence-electron chi connectivity index (χ0n) is 43.4. The number of halogens is 3. The highest BCUT2D eigenvalue weighted by molar-refractivity contribution is 6.14. The quantitative estimate of drug-likeness (QED) is 0.148. The molecule has 0 aliphatic rings. The van der Waals surface area contributed by atoms with E-state index in [1.807, 2.05) is 0 Å². The van der Waals surface area contributed by atoms with E-state index in [1.165, 1.54) is 45.5 Å². The molecule has 0 radical (unpaired) electrons. The first-order valence-electron chi connectivity index (χ1n) is 25.6. The summed E-state index contributed by atoms with van der Waals surface area (Å²) in [7, 11) is 0. The highest BCUT2D eigenvalue weighted by Crippen LogP contribution is 2.49. The molecule has 0 saturated heterocycles. The van der Waals surface area contributed by atoms with Gasteiger partial charge in [-0.2, -0.15) is 60.5 Å². The predicted molar refractivity (Wildman–Crippen MR) is 310 cm³/mol. The Balaban J connectivity index is 1.28. The highest BCUT2D eigenvalue weighted by atomic mass is 19.4. The van der Waals surface area contributed by atoms with Crippen LogP contribution >= 0.6 is 0 Å². The number of benzene rings is 10. The van der Waals surface area contributed by atoms with E-state index in [0.29, 0.717) is 66.1 Å². The molecule has 84 heavy (non-hydrogen) atoms.